The maximum absolute atomic E-state index is 5.95. The second kappa shape index (κ2) is 4.94. The number of halogens is 1. The fourth-order valence-electron chi connectivity index (χ4n) is 1.31. The van der Waals surface area contributed by atoms with Crippen molar-refractivity contribution in [1.82, 2.24) is 4.98 Å². The smallest absolute Gasteiger partial charge is 0.141 e. The van der Waals surface area contributed by atoms with E-state index in [9.17, 15) is 0 Å². The van der Waals surface area contributed by atoms with Gasteiger partial charge in [-0.25, -0.2) is 0 Å². The number of rotatable bonds is 4. The van der Waals surface area contributed by atoms with Gasteiger partial charge in [0.15, 0.2) is 0 Å². The average Bonchev–Trinajstić information content (AvgIpc) is 2.14. The maximum Gasteiger partial charge on any atom is 0.141 e. The second-order valence-electron chi connectivity index (χ2n) is 4.29. The van der Waals surface area contributed by atoms with E-state index < -0.39 is 0 Å². The van der Waals surface area contributed by atoms with E-state index in [1.807, 2.05) is 13.8 Å². The Balaban J connectivity index is 2.83. The third-order valence-corrected chi connectivity index (χ3v) is 2.89. The Morgan fingerprint density at radius 3 is 2.67 bits per heavy atom. The molecule has 0 radical (unpaired) electrons. The summed E-state index contributed by atoms with van der Waals surface area (Å²) >= 11 is 3.47. The van der Waals surface area contributed by atoms with Gasteiger partial charge in [0.25, 0.3) is 0 Å². The number of nitrogens with two attached hydrogens (primary N) is 1. The van der Waals surface area contributed by atoms with Crippen LogP contribution in [0.25, 0.3) is 0 Å². The zero-order valence-electron chi connectivity index (χ0n) is 9.38. The third-order valence-electron chi connectivity index (χ3n) is 2.20. The van der Waals surface area contributed by atoms with Gasteiger partial charge in [-0.1, -0.05) is 0 Å². The molecule has 4 heteroatoms. The Morgan fingerprint density at radius 1 is 1.47 bits per heavy atom. The van der Waals surface area contributed by atoms with Crippen LogP contribution in [0.4, 0.5) is 0 Å². The fourth-order valence-corrected chi connectivity index (χ4v) is 1.82. The van der Waals surface area contributed by atoms with Crippen LogP contribution in [0.2, 0.25) is 0 Å². The Hall–Kier alpha value is -0.610. The number of ether oxygens (including phenoxy) is 1. The minimum atomic E-state index is -0.159. The summed E-state index contributed by atoms with van der Waals surface area (Å²) in [6, 6.07) is 0. The molecular formula is C11H17BrN2O. The number of hydrogen-bond acceptors (Lipinski definition) is 3. The second-order valence-corrected chi connectivity index (χ2v) is 5.15. The maximum atomic E-state index is 5.95. The molecular weight excluding hydrogens is 256 g/mol. The molecule has 1 rings (SSSR count). The summed E-state index contributed by atoms with van der Waals surface area (Å²) in [7, 11) is 1.65. The van der Waals surface area contributed by atoms with E-state index in [1.165, 1.54) is 0 Å². The number of pyridine rings is 1. The first-order valence-corrected chi connectivity index (χ1v) is 5.68. The van der Waals surface area contributed by atoms with E-state index in [2.05, 4.69) is 20.9 Å². The molecule has 0 aromatic carbocycles. The Morgan fingerprint density at radius 2 is 2.13 bits per heavy atom. The molecule has 0 saturated heterocycles. The molecule has 3 nitrogen and oxygen atoms in total. The highest BCUT2D eigenvalue weighted by Crippen LogP contribution is 2.27. The van der Waals surface area contributed by atoms with E-state index in [-0.39, 0.29) is 5.54 Å². The Kier molecular flexibility index (Phi) is 4.11. The quantitative estimate of drug-likeness (QED) is 0.917. The zero-order valence-corrected chi connectivity index (χ0v) is 11.0. The van der Waals surface area contributed by atoms with Crippen LogP contribution in [0.5, 0.6) is 5.75 Å². The molecule has 0 unspecified atom stereocenters. The minimum Gasteiger partial charge on any atom is -0.495 e. The van der Waals surface area contributed by atoms with Crippen LogP contribution in [0, 0.1) is 0 Å². The lowest BCUT2D eigenvalue weighted by atomic mass is 9.97. The van der Waals surface area contributed by atoms with Gasteiger partial charge < -0.3 is 10.5 Å². The van der Waals surface area contributed by atoms with Crippen molar-refractivity contribution in [1.29, 1.82) is 0 Å². The van der Waals surface area contributed by atoms with Gasteiger partial charge in [-0.3, -0.25) is 4.98 Å². The monoisotopic (exact) mass is 272 g/mol. The molecule has 0 spiro atoms. The van der Waals surface area contributed by atoms with Gasteiger partial charge in [0, 0.05) is 21.8 Å². The number of hydrogen-bond donors (Lipinski definition) is 1. The van der Waals surface area contributed by atoms with Gasteiger partial charge in [0.05, 0.1) is 13.3 Å². The van der Waals surface area contributed by atoms with E-state index in [1.54, 1.807) is 19.5 Å². The number of aromatic nitrogens is 1. The van der Waals surface area contributed by atoms with Crippen molar-refractivity contribution in [3.63, 3.8) is 0 Å². The highest BCUT2D eigenvalue weighted by Gasteiger charge is 2.14. The molecule has 15 heavy (non-hydrogen) atoms. The van der Waals surface area contributed by atoms with Crippen LogP contribution in [-0.2, 0) is 6.42 Å². The van der Waals surface area contributed by atoms with Gasteiger partial charge >= 0.3 is 0 Å². The van der Waals surface area contributed by atoms with Gasteiger partial charge in [0.1, 0.15) is 5.75 Å². The van der Waals surface area contributed by atoms with Gasteiger partial charge in [-0.15, -0.1) is 0 Å². The van der Waals surface area contributed by atoms with Crippen LogP contribution in [0.1, 0.15) is 25.8 Å². The molecule has 0 bridgehead atoms. The van der Waals surface area contributed by atoms with Crippen LogP contribution < -0.4 is 10.5 Å². The molecule has 84 valence electrons. The lowest BCUT2D eigenvalue weighted by Gasteiger charge is -2.19. The van der Waals surface area contributed by atoms with Crippen molar-refractivity contribution in [2.45, 2.75) is 32.2 Å². The lowest BCUT2D eigenvalue weighted by Crippen LogP contribution is -2.32. The van der Waals surface area contributed by atoms with Crippen molar-refractivity contribution in [3.05, 3.63) is 22.4 Å². The number of nitrogens with zero attached hydrogens (tertiary/aromatic N) is 1. The summed E-state index contributed by atoms with van der Waals surface area (Å²) in [5.74, 6) is 0.814. The molecule has 0 aliphatic carbocycles. The molecule has 0 aliphatic rings. The van der Waals surface area contributed by atoms with Crippen molar-refractivity contribution in [2.24, 2.45) is 5.73 Å². The molecule has 1 aromatic heterocycles. The van der Waals surface area contributed by atoms with Gasteiger partial charge in [-0.2, -0.15) is 0 Å². The summed E-state index contributed by atoms with van der Waals surface area (Å²) in [6.45, 7) is 4.04. The van der Waals surface area contributed by atoms with E-state index in [0.717, 1.165) is 28.6 Å². The van der Waals surface area contributed by atoms with Crippen molar-refractivity contribution >= 4 is 15.9 Å². The first kappa shape index (κ1) is 12.5. The predicted octanol–water partition coefficient (Wildman–Crippen LogP) is 2.52. The van der Waals surface area contributed by atoms with Crippen LogP contribution in [-0.4, -0.2) is 17.6 Å². The fraction of sp³-hybridized carbons (Fsp3) is 0.545. The highest BCUT2D eigenvalue weighted by atomic mass is 79.9. The minimum absolute atomic E-state index is 0.159. The normalized spacial score (nSPS) is 11.5. The first-order valence-electron chi connectivity index (χ1n) is 4.89. The van der Waals surface area contributed by atoms with E-state index >= 15 is 0 Å². The molecule has 2 N–H and O–H groups in total. The molecule has 1 aromatic rings. The highest BCUT2D eigenvalue weighted by molar-refractivity contribution is 9.10. The topological polar surface area (TPSA) is 48.1 Å². The summed E-state index contributed by atoms with van der Waals surface area (Å²) < 4.78 is 6.24. The molecule has 0 amide bonds. The zero-order chi connectivity index (χ0) is 11.5. The van der Waals surface area contributed by atoms with Crippen LogP contribution in [0.15, 0.2) is 16.9 Å². The SMILES string of the molecule is COc1cncc(Br)c1CCC(C)(C)N. The summed E-state index contributed by atoms with van der Waals surface area (Å²) in [6.07, 6.45) is 5.30. The standard InChI is InChI=1S/C11H17BrN2O/c1-11(2,13)5-4-8-9(12)6-14-7-10(8)15-3/h6-7H,4-5,13H2,1-3H3. The Bertz CT molecular complexity index is 334. The van der Waals surface area contributed by atoms with Gasteiger partial charge in [-0.05, 0) is 42.6 Å². The van der Waals surface area contributed by atoms with E-state index in [0.29, 0.717) is 0 Å². The van der Waals surface area contributed by atoms with Crippen molar-refractivity contribution in [2.75, 3.05) is 7.11 Å². The lowest BCUT2D eigenvalue weighted by molar-refractivity contribution is 0.402. The van der Waals surface area contributed by atoms with E-state index in [4.69, 9.17) is 10.5 Å². The molecule has 1 heterocycles. The largest absolute Gasteiger partial charge is 0.495 e. The average molecular weight is 273 g/mol. The van der Waals surface area contributed by atoms with Crippen molar-refractivity contribution in [3.8, 4) is 5.75 Å². The first-order chi connectivity index (χ1) is 6.94. The molecule has 0 aliphatic heterocycles. The molecule has 0 atom stereocenters. The van der Waals surface area contributed by atoms with Crippen LogP contribution in [0.3, 0.4) is 0 Å². The van der Waals surface area contributed by atoms with Crippen molar-refractivity contribution < 1.29 is 4.74 Å². The summed E-state index contributed by atoms with van der Waals surface area (Å²) in [5, 5.41) is 0. The van der Waals surface area contributed by atoms with Crippen LogP contribution >= 0.6 is 15.9 Å². The molecule has 0 saturated carbocycles. The Labute approximate surface area is 99.2 Å². The third kappa shape index (κ3) is 3.80. The summed E-state index contributed by atoms with van der Waals surface area (Å²) in [4.78, 5) is 4.06. The molecule has 0 fully saturated rings. The van der Waals surface area contributed by atoms with Gasteiger partial charge in [0.2, 0.25) is 0 Å². The number of methoxy groups -OCH3 is 1. The predicted molar refractivity (Wildman–Crippen MR) is 65.1 cm³/mol. The summed E-state index contributed by atoms with van der Waals surface area (Å²) in [5.41, 5.74) is 6.92.